The van der Waals surface area contributed by atoms with Crippen molar-refractivity contribution in [2.24, 2.45) is 0 Å². The lowest BCUT2D eigenvalue weighted by Crippen LogP contribution is -2.07. The van der Waals surface area contributed by atoms with Crippen LogP contribution in [0.25, 0.3) is 17.3 Å². The van der Waals surface area contributed by atoms with E-state index in [1.54, 1.807) is 13.2 Å². The van der Waals surface area contributed by atoms with Gasteiger partial charge in [-0.05, 0) is 54.0 Å². The summed E-state index contributed by atoms with van der Waals surface area (Å²) in [6, 6.07) is 21.6. The van der Waals surface area contributed by atoms with Crippen molar-refractivity contribution >= 4 is 44.4 Å². The molecule has 0 saturated heterocycles. The maximum absolute atomic E-state index is 12.4. The van der Waals surface area contributed by atoms with E-state index in [2.05, 4.69) is 39.2 Å². The highest BCUT2D eigenvalue weighted by molar-refractivity contribution is 9.10. The van der Waals surface area contributed by atoms with E-state index in [1.807, 2.05) is 66.0 Å². The molecular weight excluding hydrogens is 512 g/mol. The van der Waals surface area contributed by atoms with Crippen LogP contribution in [0, 0.1) is 6.92 Å². The molecular formula is C27H23BrN2O3S. The first kappa shape index (κ1) is 23.7. The van der Waals surface area contributed by atoms with E-state index in [0.29, 0.717) is 23.2 Å². The molecule has 3 aromatic carbocycles. The van der Waals surface area contributed by atoms with Gasteiger partial charge in [0.2, 0.25) is 5.91 Å². The Morgan fingerprint density at radius 2 is 1.88 bits per heavy atom. The number of nitrogens with one attached hydrogen (secondary N) is 1. The number of hydrogen-bond donors (Lipinski definition) is 1. The molecule has 0 spiro atoms. The molecule has 0 bridgehead atoms. The molecule has 0 fully saturated rings. The summed E-state index contributed by atoms with van der Waals surface area (Å²) in [6.45, 7) is 2.51. The van der Waals surface area contributed by atoms with Crippen LogP contribution in [0.3, 0.4) is 0 Å². The van der Waals surface area contributed by atoms with Crippen molar-refractivity contribution in [3.05, 3.63) is 99.3 Å². The zero-order valence-corrected chi connectivity index (χ0v) is 21.2. The average Bonchev–Trinajstić information content (AvgIpc) is 3.31. The Balaban J connectivity index is 1.38. The van der Waals surface area contributed by atoms with Crippen molar-refractivity contribution in [2.75, 3.05) is 12.4 Å². The van der Waals surface area contributed by atoms with Gasteiger partial charge in [-0.1, -0.05) is 58.4 Å². The number of carbonyl (C=O) groups excluding carboxylic acids is 1. The predicted molar refractivity (Wildman–Crippen MR) is 141 cm³/mol. The predicted octanol–water partition coefficient (Wildman–Crippen LogP) is 7.12. The van der Waals surface area contributed by atoms with Gasteiger partial charge in [0.05, 0.1) is 12.8 Å². The standard InChI is InChI=1S/C27H23BrN2O3S/c1-18-5-3-4-6-21(18)16-33-24-13-7-19(15-25(24)32-2)8-14-26(31)30-27-29-23(17-34-27)20-9-11-22(28)12-10-20/h3-15,17H,16H2,1-2H3,(H,29,30,31)/b14-8+. The van der Waals surface area contributed by atoms with Crippen LogP contribution in [0.15, 0.2) is 82.7 Å². The van der Waals surface area contributed by atoms with Gasteiger partial charge >= 0.3 is 0 Å². The van der Waals surface area contributed by atoms with E-state index in [1.165, 1.54) is 23.0 Å². The van der Waals surface area contributed by atoms with Gasteiger partial charge in [-0.3, -0.25) is 10.1 Å². The van der Waals surface area contributed by atoms with E-state index in [4.69, 9.17) is 9.47 Å². The van der Waals surface area contributed by atoms with Gasteiger partial charge in [-0.15, -0.1) is 11.3 Å². The first-order chi connectivity index (χ1) is 16.5. The second-order valence-corrected chi connectivity index (χ2v) is 9.27. The number of amides is 1. The smallest absolute Gasteiger partial charge is 0.250 e. The largest absolute Gasteiger partial charge is 0.493 e. The zero-order chi connectivity index (χ0) is 23.9. The molecule has 0 aliphatic rings. The number of nitrogens with zero attached hydrogens (tertiary/aromatic N) is 1. The van der Waals surface area contributed by atoms with E-state index < -0.39 is 0 Å². The molecule has 7 heteroatoms. The van der Waals surface area contributed by atoms with Crippen molar-refractivity contribution in [1.82, 2.24) is 4.98 Å². The Hall–Kier alpha value is -3.42. The van der Waals surface area contributed by atoms with Crippen LogP contribution < -0.4 is 14.8 Å². The lowest BCUT2D eigenvalue weighted by Gasteiger charge is -2.12. The van der Waals surface area contributed by atoms with Gasteiger partial charge in [0, 0.05) is 21.5 Å². The average molecular weight is 535 g/mol. The fourth-order valence-corrected chi connectivity index (χ4v) is 4.22. The number of carbonyl (C=O) groups is 1. The van der Waals surface area contributed by atoms with Gasteiger partial charge in [-0.25, -0.2) is 4.98 Å². The van der Waals surface area contributed by atoms with Crippen molar-refractivity contribution in [1.29, 1.82) is 0 Å². The number of rotatable bonds is 8. The number of ether oxygens (including phenoxy) is 2. The molecule has 0 radical (unpaired) electrons. The van der Waals surface area contributed by atoms with E-state index in [0.717, 1.165) is 26.9 Å². The van der Waals surface area contributed by atoms with E-state index >= 15 is 0 Å². The van der Waals surface area contributed by atoms with Crippen molar-refractivity contribution < 1.29 is 14.3 Å². The Bertz CT molecular complexity index is 1320. The van der Waals surface area contributed by atoms with Crippen LogP contribution in [0.1, 0.15) is 16.7 Å². The molecule has 0 unspecified atom stereocenters. The van der Waals surface area contributed by atoms with E-state index in [-0.39, 0.29) is 5.91 Å². The number of thiazole rings is 1. The number of benzene rings is 3. The van der Waals surface area contributed by atoms with Crippen LogP contribution in [-0.4, -0.2) is 18.0 Å². The summed E-state index contributed by atoms with van der Waals surface area (Å²) in [6.07, 6.45) is 3.20. The van der Waals surface area contributed by atoms with Gasteiger partial charge in [0.25, 0.3) is 0 Å². The minimum absolute atomic E-state index is 0.254. The number of methoxy groups -OCH3 is 1. The zero-order valence-electron chi connectivity index (χ0n) is 18.7. The molecule has 4 rings (SSSR count). The molecule has 34 heavy (non-hydrogen) atoms. The molecule has 5 nitrogen and oxygen atoms in total. The van der Waals surface area contributed by atoms with Crippen LogP contribution in [0.4, 0.5) is 5.13 Å². The molecule has 0 saturated carbocycles. The molecule has 1 heterocycles. The molecule has 0 aliphatic carbocycles. The molecule has 0 atom stereocenters. The normalized spacial score (nSPS) is 10.9. The number of hydrogen-bond acceptors (Lipinski definition) is 5. The summed E-state index contributed by atoms with van der Waals surface area (Å²) in [4.78, 5) is 16.9. The lowest BCUT2D eigenvalue weighted by atomic mass is 10.1. The summed E-state index contributed by atoms with van der Waals surface area (Å²) < 4.78 is 12.5. The first-order valence-corrected chi connectivity index (χ1v) is 12.2. The topological polar surface area (TPSA) is 60.5 Å². The highest BCUT2D eigenvalue weighted by Gasteiger charge is 2.08. The third-order valence-corrected chi connectivity index (χ3v) is 6.42. The summed E-state index contributed by atoms with van der Waals surface area (Å²) in [5.41, 5.74) is 4.94. The number of anilines is 1. The van der Waals surface area contributed by atoms with Crippen LogP contribution in [0.5, 0.6) is 11.5 Å². The summed E-state index contributed by atoms with van der Waals surface area (Å²) >= 11 is 4.81. The van der Waals surface area contributed by atoms with Crippen LogP contribution in [0.2, 0.25) is 0 Å². The van der Waals surface area contributed by atoms with Crippen LogP contribution >= 0.6 is 27.3 Å². The van der Waals surface area contributed by atoms with Crippen LogP contribution in [-0.2, 0) is 11.4 Å². The number of halogens is 1. The molecule has 1 aromatic heterocycles. The molecule has 4 aromatic rings. The Labute approximate surface area is 211 Å². The third kappa shape index (κ3) is 6.12. The number of aromatic nitrogens is 1. The van der Waals surface area contributed by atoms with Gasteiger partial charge in [0.1, 0.15) is 6.61 Å². The van der Waals surface area contributed by atoms with Gasteiger partial charge in [0.15, 0.2) is 16.6 Å². The molecule has 172 valence electrons. The quantitative estimate of drug-likeness (QED) is 0.244. The summed E-state index contributed by atoms with van der Waals surface area (Å²) in [7, 11) is 1.60. The molecule has 1 N–H and O–H groups in total. The molecule has 0 aliphatic heterocycles. The van der Waals surface area contributed by atoms with E-state index in [9.17, 15) is 4.79 Å². The fourth-order valence-electron chi connectivity index (χ4n) is 3.24. The second kappa shape index (κ2) is 11.1. The summed E-state index contributed by atoms with van der Waals surface area (Å²) in [5, 5.41) is 5.28. The highest BCUT2D eigenvalue weighted by atomic mass is 79.9. The first-order valence-electron chi connectivity index (χ1n) is 10.6. The Morgan fingerprint density at radius 3 is 2.65 bits per heavy atom. The minimum atomic E-state index is -0.254. The number of aryl methyl sites for hydroxylation is 1. The maximum atomic E-state index is 12.4. The van der Waals surface area contributed by atoms with Crippen molar-refractivity contribution in [2.45, 2.75) is 13.5 Å². The Kier molecular flexibility index (Phi) is 7.77. The Morgan fingerprint density at radius 1 is 1.09 bits per heavy atom. The third-order valence-electron chi connectivity index (χ3n) is 5.13. The van der Waals surface area contributed by atoms with Crippen molar-refractivity contribution in [3.8, 4) is 22.8 Å². The molecule has 1 amide bonds. The monoisotopic (exact) mass is 534 g/mol. The van der Waals surface area contributed by atoms with Crippen molar-refractivity contribution in [3.63, 3.8) is 0 Å². The SMILES string of the molecule is COc1cc(/C=C/C(=O)Nc2nc(-c3ccc(Br)cc3)cs2)ccc1OCc1ccccc1C. The minimum Gasteiger partial charge on any atom is -0.493 e. The lowest BCUT2D eigenvalue weighted by molar-refractivity contribution is -0.111. The fraction of sp³-hybridized carbons (Fsp3) is 0.111. The maximum Gasteiger partial charge on any atom is 0.250 e. The highest BCUT2D eigenvalue weighted by Crippen LogP contribution is 2.30. The van der Waals surface area contributed by atoms with Gasteiger partial charge < -0.3 is 9.47 Å². The summed E-state index contributed by atoms with van der Waals surface area (Å²) in [5.74, 6) is 1.00. The second-order valence-electron chi connectivity index (χ2n) is 7.49. The van der Waals surface area contributed by atoms with Gasteiger partial charge in [-0.2, -0.15) is 0 Å².